The van der Waals surface area contributed by atoms with Gasteiger partial charge < -0.3 is 5.32 Å². The van der Waals surface area contributed by atoms with Gasteiger partial charge >= 0.3 is 0 Å². The van der Waals surface area contributed by atoms with Crippen LogP contribution in [-0.4, -0.2) is 20.9 Å². The molecule has 3 aromatic rings. The van der Waals surface area contributed by atoms with Gasteiger partial charge in [-0.3, -0.25) is 9.10 Å². The van der Waals surface area contributed by atoms with Crippen molar-refractivity contribution >= 4 is 38.9 Å². The van der Waals surface area contributed by atoms with Crippen LogP contribution in [0.5, 0.6) is 0 Å². The number of sulfonamides is 1. The second-order valence-corrected chi connectivity index (χ2v) is 8.77. The molecule has 0 bridgehead atoms. The summed E-state index contributed by atoms with van der Waals surface area (Å²) < 4.78 is 54.2. The Morgan fingerprint density at radius 1 is 1.00 bits per heavy atom. The van der Waals surface area contributed by atoms with E-state index >= 15 is 0 Å². The summed E-state index contributed by atoms with van der Waals surface area (Å²) in [6.07, 6.45) is 0. The molecule has 0 heterocycles. The molecule has 0 aromatic heterocycles. The summed E-state index contributed by atoms with van der Waals surface area (Å²) in [7, 11) is -4.13. The van der Waals surface area contributed by atoms with Crippen LogP contribution in [0.25, 0.3) is 0 Å². The van der Waals surface area contributed by atoms with Gasteiger partial charge in [0.2, 0.25) is 5.91 Å². The molecular weight excluding hydrogens is 434 g/mol. The standard InChI is InChI=1S/C21H17ClF2N2O3S/c1-14-2-7-17(8-3-14)26(30(28,29)18-9-4-15(22)5-10-18)13-21(27)25-20-11-6-16(23)12-19(20)24/h2-12H,13H2,1H3,(H,25,27). The summed E-state index contributed by atoms with van der Waals surface area (Å²) in [6, 6.07) is 14.7. The highest BCUT2D eigenvalue weighted by Crippen LogP contribution is 2.25. The number of rotatable bonds is 6. The van der Waals surface area contributed by atoms with E-state index in [-0.39, 0.29) is 16.3 Å². The molecule has 0 unspecified atom stereocenters. The Kier molecular flexibility index (Phi) is 6.38. The van der Waals surface area contributed by atoms with Gasteiger partial charge in [0, 0.05) is 11.1 Å². The maximum Gasteiger partial charge on any atom is 0.264 e. The molecule has 156 valence electrons. The van der Waals surface area contributed by atoms with Crippen LogP contribution in [0.1, 0.15) is 5.56 Å². The van der Waals surface area contributed by atoms with Gasteiger partial charge in [-0.05, 0) is 55.5 Å². The number of hydrogen-bond acceptors (Lipinski definition) is 3. The summed E-state index contributed by atoms with van der Waals surface area (Å²) >= 11 is 5.84. The molecule has 3 rings (SSSR count). The van der Waals surface area contributed by atoms with Crippen molar-refractivity contribution in [1.29, 1.82) is 0 Å². The van der Waals surface area contributed by atoms with Gasteiger partial charge in [0.25, 0.3) is 10.0 Å². The number of nitrogens with one attached hydrogen (secondary N) is 1. The van der Waals surface area contributed by atoms with Crippen molar-refractivity contribution in [3.63, 3.8) is 0 Å². The molecule has 1 N–H and O–H groups in total. The van der Waals surface area contributed by atoms with E-state index < -0.39 is 34.1 Å². The Morgan fingerprint density at radius 2 is 1.63 bits per heavy atom. The molecule has 0 aliphatic heterocycles. The Balaban J connectivity index is 1.94. The second kappa shape index (κ2) is 8.81. The Labute approximate surface area is 178 Å². The number of hydrogen-bond donors (Lipinski definition) is 1. The molecule has 30 heavy (non-hydrogen) atoms. The lowest BCUT2D eigenvalue weighted by Gasteiger charge is -2.24. The first kappa shape index (κ1) is 21.7. The number of aryl methyl sites for hydroxylation is 1. The normalized spacial score (nSPS) is 11.2. The molecule has 1 amide bonds. The van der Waals surface area contributed by atoms with E-state index in [0.717, 1.165) is 22.0 Å². The van der Waals surface area contributed by atoms with E-state index in [1.54, 1.807) is 24.3 Å². The Bertz CT molecular complexity index is 1170. The van der Waals surface area contributed by atoms with Crippen molar-refractivity contribution < 1.29 is 22.0 Å². The highest BCUT2D eigenvalue weighted by molar-refractivity contribution is 7.92. The van der Waals surface area contributed by atoms with Gasteiger partial charge in [0.15, 0.2) is 0 Å². The molecule has 0 saturated heterocycles. The van der Waals surface area contributed by atoms with Crippen molar-refractivity contribution in [3.8, 4) is 0 Å². The summed E-state index contributed by atoms with van der Waals surface area (Å²) in [6.45, 7) is 1.22. The van der Waals surface area contributed by atoms with E-state index in [4.69, 9.17) is 11.6 Å². The zero-order valence-electron chi connectivity index (χ0n) is 15.8. The summed E-state index contributed by atoms with van der Waals surface area (Å²) in [5, 5.41) is 2.64. The van der Waals surface area contributed by atoms with Gasteiger partial charge in [-0.1, -0.05) is 29.3 Å². The van der Waals surface area contributed by atoms with E-state index in [2.05, 4.69) is 5.32 Å². The minimum absolute atomic E-state index is 0.0618. The molecule has 9 heteroatoms. The van der Waals surface area contributed by atoms with Crippen LogP contribution < -0.4 is 9.62 Å². The fraction of sp³-hybridized carbons (Fsp3) is 0.0952. The van der Waals surface area contributed by atoms with E-state index in [1.807, 2.05) is 6.92 Å². The molecule has 0 radical (unpaired) electrons. The average Bonchev–Trinajstić information content (AvgIpc) is 2.69. The molecule has 0 fully saturated rings. The molecule has 0 aliphatic rings. The molecule has 5 nitrogen and oxygen atoms in total. The predicted octanol–water partition coefficient (Wildman–Crippen LogP) is 4.76. The third-order valence-corrected chi connectivity index (χ3v) is 6.26. The fourth-order valence-corrected chi connectivity index (χ4v) is 4.22. The fourth-order valence-electron chi connectivity index (χ4n) is 2.67. The largest absolute Gasteiger partial charge is 0.322 e. The van der Waals surface area contributed by atoms with Crippen LogP contribution in [0.4, 0.5) is 20.2 Å². The van der Waals surface area contributed by atoms with E-state index in [0.29, 0.717) is 11.1 Å². The van der Waals surface area contributed by atoms with Gasteiger partial charge in [0.05, 0.1) is 16.3 Å². The highest BCUT2D eigenvalue weighted by atomic mass is 35.5. The predicted molar refractivity (Wildman–Crippen MR) is 112 cm³/mol. The zero-order valence-corrected chi connectivity index (χ0v) is 17.3. The summed E-state index contributed by atoms with van der Waals surface area (Å²) in [4.78, 5) is 12.5. The van der Waals surface area contributed by atoms with Crippen LogP contribution in [-0.2, 0) is 14.8 Å². The first-order valence-corrected chi connectivity index (χ1v) is 10.6. The van der Waals surface area contributed by atoms with Crippen molar-refractivity contribution in [2.75, 3.05) is 16.2 Å². The zero-order chi connectivity index (χ0) is 21.9. The van der Waals surface area contributed by atoms with Gasteiger partial charge in [0.1, 0.15) is 18.2 Å². The van der Waals surface area contributed by atoms with Crippen molar-refractivity contribution in [1.82, 2.24) is 0 Å². The van der Waals surface area contributed by atoms with E-state index in [9.17, 15) is 22.0 Å². The first-order valence-electron chi connectivity index (χ1n) is 8.77. The van der Waals surface area contributed by atoms with Gasteiger partial charge in [-0.25, -0.2) is 17.2 Å². The van der Waals surface area contributed by atoms with Crippen LogP contribution in [0.2, 0.25) is 5.02 Å². The van der Waals surface area contributed by atoms with Crippen molar-refractivity contribution in [2.24, 2.45) is 0 Å². The smallest absolute Gasteiger partial charge is 0.264 e. The quantitative estimate of drug-likeness (QED) is 0.588. The Hall–Kier alpha value is -2.97. The molecule has 3 aromatic carbocycles. The SMILES string of the molecule is Cc1ccc(N(CC(=O)Nc2ccc(F)cc2F)S(=O)(=O)c2ccc(Cl)cc2)cc1. The van der Waals surface area contributed by atoms with E-state index in [1.165, 1.54) is 24.3 Å². The minimum Gasteiger partial charge on any atom is -0.322 e. The maximum absolute atomic E-state index is 13.9. The van der Waals surface area contributed by atoms with Crippen molar-refractivity contribution in [3.05, 3.63) is 89.0 Å². The number of nitrogens with zero attached hydrogens (tertiary/aromatic N) is 1. The van der Waals surface area contributed by atoms with Crippen LogP contribution in [0, 0.1) is 18.6 Å². The highest BCUT2D eigenvalue weighted by Gasteiger charge is 2.27. The van der Waals surface area contributed by atoms with Crippen LogP contribution in [0.15, 0.2) is 71.6 Å². The summed E-state index contributed by atoms with van der Waals surface area (Å²) in [5.41, 5.74) is 0.903. The lowest BCUT2D eigenvalue weighted by atomic mass is 10.2. The molecule has 0 aliphatic carbocycles. The molecule has 0 saturated carbocycles. The third-order valence-electron chi connectivity index (χ3n) is 4.22. The number of carbonyl (C=O) groups is 1. The number of halogens is 3. The lowest BCUT2D eigenvalue weighted by Crippen LogP contribution is -2.38. The first-order chi connectivity index (χ1) is 14.2. The molecule has 0 spiro atoms. The number of amides is 1. The monoisotopic (exact) mass is 450 g/mol. The minimum atomic E-state index is -4.13. The second-order valence-electron chi connectivity index (χ2n) is 6.47. The Morgan fingerprint density at radius 3 is 2.23 bits per heavy atom. The number of anilines is 2. The van der Waals surface area contributed by atoms with Crippen molar-refractivity contribution in [2.45, 2.75) is 11.8 Å². The molecule has 0 atom stereocenters. The van der Waals surface area contributed by atoms with Gasteiger partial charge in [-0.2, -0.15) is 0 Å². The van der Waals surface area contributed by atoms with Gasteiger partial charge in [-0.15, -0.1) is 0 Å². The number of carbonyl (C=O) groups excluding carboxylic acids is 1. The molecular formula is C21H17ClF2N2O3S. The third kappa shape index (κ3) is 4.95. The topological polar surface area (TPSA) is 66.5 Å². The lowest BCUT2D eigenvalue weighted by molar-refractivity contribution is -0.114. The van der Waals surface area contributed by atoms with Crippen LogP contribution in [0.3, 0.4) is 0 Å². The number of benzene rings is 3. The summed E-state index contributed by atoms with van der Waals surface area (Å²) in [5.74, 6) is -2.55. The van der Waals surface area contributed by atoms with Crippen LogP contribution >= 0.6 is 11.6 Å². The maximum atomic E-state index is 13.9. The average molecular weight is 451 g/mol.